The van der Waals surface area contributed by atoms with Gasteiger partial charge in [-0.15, -0.1) is 11.3 Å². The monoisotopic (exact) mass is 286 g/mol. The fraction of sp³-hybridized carbons (Fsp3) is 0.615. The van der Waals surface area contributed by atoms with Crippen LogP contribution in [0.3, 0.4) is 0 Å². The third-order valence-electron chi connectivity index (χ3n) is 2.65. The third kappa shape index (κ3) is 6.15. The molecule has 19 heavy (non-hydrogen) atoms. The van der Waals surface area contributed by atoms with Gasteiger partial charge in [-0.05, 0) is 25.5 Å². The number of rotatable bonds is 9. The zero-order valence-corrected chi connectivity index (χ0v) is 12.5. The van der Waals surface area contributed by atoms with E-state index < -0.39 is 0 Å². The molecule has 1 aromatic heterocycles. The first-order valence-corrected chi connectivity index (χ1v) is 7.06. The van der Waals surface area contributed by atoms with Crippen molar-refractivity contribution in [1.29, 1.82) is 0 Å². The van der Waals surface area contributed by atoms with E-state index in [0.29, 0.717) is 19.8 Å². The highest BCUT2D eigenvalue weighted by molar-refractivity contribution is 7.10. The molecule has 108 valence electrons. The SMILES string of the molecule is COCCOCC(=O)NCC(c1cccs1)N(C)C. The number of ether oxygens (including phenoxy) is 2. The van der Waals surface area contributed by atoms with E-state index in [2.05, 4.69) is 16.3 Å². The van der Waals surface area contributed by atoms with E-state index in [1.54, 1.807) is 18.4 Å². The van der Waals surface area contributed by atoms with E-state index in [4.69, 9.17) is 9.47 Å². The zero-order valence-electron chi connectivity index (χ0n) is 11.7. The summed E-state index contributed by atoms with van der Waals surface area (Å²) >= 11 is 1.69. The van der Waals surface area contributed by atoms with Gasteiger partial charge in [0.25, 0.3) is 0 Å². The molecule has 1 amide bonds. The molecule has 1 unspecified atom stereocenters. The Morgan fingerprint density at radius 3 is 2.84 bits per heavy atom. The summed E-state index contributed by atoms with van der Waals surface area (Å²) in [5.74, 6) is -0.0977. The van der Waals surface area contributed by atoms with Gasteiger partial charge in [-0.3, -0.25) is 4.79 Å². The van der Waals surface area contributed by atoms with E-state index in [-0.39, 0.29) is 18.6 Å². The number of hydrogen-bond donors (Lipinski definition) is 1. The average molecular weight is 286 g/mol. The number of likely N-dealkylation sites (N-methyl/N-ethyl adjacent to an activating group) is 1. The minimum absolute atomic E-state index is 0.0773. The Kier molecular flexibility index (Phi) is 7.66. The lowest BCUT2D eigenvalue weighted by molar-refractivity contribution is -0.126. The van der Waals surface area contributed by atoms with E-state index >= 15 is 0 Å². The Hall–Kier alpha value is -0.950. The second-order valence-corrected chi connectivity index (χ2v) is 5.32. The highest BCUT2D eigenvalue weighted by Crippen LogP contribution is 2.22. The molecule has 0 saturated heterocycles. The Morgan fingerprint density at radius 2 is 2.26 bits per heavy atom. The van der Waals surface area contributed by atoms with Crippen LogP contribution in [-0.2, 0) is 14.3 Å². The van der Waals surface area contributed by atoms with E-state index in [1.165, 1.54) is 4.88 Å². The molecule has 6 heteroatoms. The van der Waals surface area contributed by atoms with Crippen molar-refractivity contribution >= 4 is 17.2 Å². The molecule has 1 atom stereocenters. The van der Waals surface area contributed by atoms with Gasteiger partial charge in [-0.2, -0.15) is 0 Å². The molecular formula is C13H22N2O3S. The summed E-state index contributed by atoms with van der Waals surface area (Å²) in [5, 5.41) is 4.93. The highest BCUT2D eigenvalue weighted by atomic mass is 32.1. The summed E-state index contributed by atoms with van der Waals surface area (Å²) in [7, 11) is 5.61. The third-order valence-corrected chi connectivity index (χ3v) is 3.63. The Labute approximate surface area is 118 Å². The molecule has 0 spiro atoms. The molecule has 0 fully saturated rings. The lowest BCUT2D eigenvalue weighted by Crippen LogP contribution is -2.36. The fourth-order valence-corrected chi connectivity index (χ4v) is 2.51. The maximum absolute atomic E-state index is 11.6. The van der Waals surface area contributed by atoms with Crippen LogP contribution in [0.15, 0.2) is 17.5 Å². The number of amides is 1. The standard InChI is InChI=1S/C13H22N2O3S/c1-15(2)11(12-5-4-8-19-12)9-14-13(16)10-18-7-6-17-3/h4-5,8,11H,6-7,9-10H2,1-3H3,(H,14,16). The quantitative estimate of drug-likeness (QED) is 0.691. The molecule has 1 heterocycles. The fourth-order valence-electron chi connectivity index (χ4n) is 1.59. The van der Waals surface area contributed by atoms with Gasteiger partial charge in [-0.1, -0.05) is 6.07 Å². The van der Waals surface area contributed by atoms with Gasteiger partial charge in [0, 0.05) is 18.5 Å². The molecule has 0 aliphatic carbocycles. The first-order chi connectivity index (χ1) is 9.15. The number of nitrogens with one attached hydrogen (secondary N) is 1. The van der Waals surface area contributed by atoms with E-state index in [9.17, 15) is 4.79 Å². The molecule has 5 nitrogen and oxygen atoms in total. The van der Waals surface area contributed by atoms with E-state index in [1.807, 2.05) is 25.5 Å². The van der Waals surface area contributed by atoms with Crippen molar-refractivity contribution in [2.75, 3.05) is 47.6 Å². The van der Waals surface area contributed by atoms with Crippen LogP contribution in [0, 0.1) is 0 Å². The van der Waals surface area contributed by atoms with Crippen LogP contribution in [0.1, 0.15) is 10.9 Å². The van der Waals surface area contributed by atoms with Crippen LogP contribution >= 0.6 is 11.3 Å². The predicted octanol–water partition coefficient (Wildman–Crippen LogP) is 1.13. The number of thiophene rings is 1. The molecule has 0 aromatic carbocycles. The number of carbonyl (C=O) groups excluding carboxylic acids is 1. The lowest BCUT2D eigenvalue weighted by Gasteiger charge is -2.23. The van der Waals surface area contributed by atoms with Crippen molar-refractivity contribution in [3.05, 3.63) is 22.4 Å². The van der Waals surface area contributed by atoms with Crippen LogP contribution < -0.4 is 5.32 Å². The maximum atomic E-state index is 11.6. The number of methoxy groups -OCH3 is 1. The number of hydrogen-bond acceptors (Lipinski definition) is 5. The van der Waals surface area contributed by atoms with Gasteiger partial charge >= 0.3 is 0 Å². The normalized spacial score (nSPS) is 12.6. The molecule has 1 rings (SSSR count). The van der Waals surface area contributed by atoms with Crippen LogP contribution in [0.4, 0.5) is 0 Å². The van der Waals surface area contributed by atoms with Crippen LogP contribution in [-0.4, -0.2) is 58.4 Å². The molecule has 0 bridgehead atoms. The summed E-state index contributed by atoms with van der Waals surface area (Å²) in [4.78, 5) is 14.9. The molecule has 1 N–H and O–H groups in total. The second-order valence-electron chi connectivity index (χ2n) is 4.34. The van der Waals surface area contributed by atoms with Crippen molar-refractivity contribution in [2.45, 2.75) is 6.04 Å². The van der Waals surface area contributed by atoms with Crippen molar-refractivity contribution in [2.24, 2.45) is 0 Å². The largest absolute Gasteiger partial charge is 0.382 e. The molecule has 1 aromatic rings. The minimum atomic E-state index is -0.0977. The first kappa shape index (κ1) is 16.1. The van der Waals surface area contributed by atoms with Crippen LogP contribution in [0.25, 0.3) is 0 Å². The molecular weight excluding hydrogens is 264 g/mol. The summed E-state index contributed by atoms with van der Waals surface area (Å²) in [6.45, 7) is 1.60. The lowest BCUT2D eigenvalue weighted by atomic mass is 10.2. The average Bonchev–Trinajstić information content (AvgIpc) is 2.88. The minimum Gasteiger partial charge on any atom is -0.382 e. The Bertz CT molecular complexity index is 355. The molecule has 0 saturated carbocycles. The van der Waals surface area contributed by atoms with Crippen molar-refractivity contribution in [3.8, 4) is 0 Å². The molecule has 0 aliphatic rings. The summed E-state index contributed by atoms with van der Waals surface area (Å²) < 4.78 is 10.0. The summed E-state index contributed by atoms with van der Waals surface area (Å²) in [5.41, 5.74) is 0. The zero-order chi connectivity index (χ0) is 14.1. The van der Waals surface area contributed by atoms with Crippen molar-refractivity contribution in [1.82, 2.24) is 10.2 Å². The second kappa shape index (κ2) is 9.03. The topological polar surface area (TPSA) is 50.8 Å². The van der Waals surface area contributed by atoms with E-state index in [0.717, 1.165) is 0 Å². The number of carbonyl (C=O) groups is 1. The summed E-state index contributed by atoms with van der Waals surface area (Å²) in [6, 6.07) is 4.30. The van der Waals surface area contributed by atoms with Gasteiger partial charge < -0.3 is 19.7 Å². The van der Waals surface area contributed by atoms with Crippen molar-refractivity contribution in [3.63, 3.8) is 0 Å². The maximum Gasteiger partial charge on any atom is 0.246 e. The van der Waals surface area contributed by atoms with Crippen LogP contribution in [0.2, 0.25) is 0 Å². The van der Waals surface area contributed by atoms with Crippen molar-refractivity contribution < 1.29 is 14.3 Å². The first-order valence-electron chi connectivity index (χ1n) is 6.18. The van der Waals surface area contributed by atoms with Gasteiger partial charge in [0.2, 0.25) is 5.91 Å². The highest BCUT2D eigenvalue weighted by Gasteiger charge is 2.15. The van der Waals surface area contributed by atoms with Gasteiger partial charge in [0.1, 0.15) is 6.61 Å². The van der Waals surface area contributed by atoms with Gasteiger partial charge in [0.15, 0.2) is 0 Å². The Morgan fingerprint density at radius 1 is 1.47 bits per heavy atom. The smallest absolute Gasteiger partial charge is 0.246 e. The predicted molar refractivity (Wildman–Crippen MR) is 76.5 cm³/mol. The Balaban J connectivity index is 2.30. The number of nitrogens with zero attached hydrogens (tertiary/aromatic N) is 1. The van der Waals surface area contributed by atoms with Gasteiger partial charge in [-0.25, -0.2) is 0 Å². The molecule has 0 radical (unpaired) electrons. The van der Waals surface area contributed by atoms with Gasteiger partial charge in [0.05, 0.1) is 19.3 Å². The summed E-state index contributed by atoms with van der Waals surface area (Å²) in [6.07, 6.45) is 0. The molecule has 0 aliphatic heterocycles. The van der Waals surface area contributed by atoms with Crippen LogP contribution in [0.5, 0.6) is 0 Å².